The molecule has 0 bridgehead atoms. The molecule has 0 unspecified atom stereocenters. The average Bonchev–Trinajstić information content (AvgIpc) is 2.86. The molecule has 0 saturated carbocycles. The lowest BCUT2D eigenvalue weighted by Crippen LogP contribution is -2.20. The summed E-state index contributed by atoms with van der Waals surface area (Å²) < 4.78 is 67.4. The Morgan fingerprint density at radius 2 is 1.50 bits per heavy atom. The van der Waals surface area contributed by atoms with Crippen LogP contribution in [0.25, 0.3) is 12.2 Å². The van der Waals surface area contributed by atoms with E-state index in [9.17, 15) is 21.4 Å². The first-order chi connectivity index (χ1) is 18.7. The van der Waals surface area contributed by atoms with Crippen LogP contribution in [0, 0.1) is 20.8 Å². The Balaban J connectivity index is 1.67. The Hall–Kier alpha value is -4.12. The number of nitrogens with one attached hydrogen (secondary N) is 2. The summed E-state index contributed by atoms with van der Waals surface area (Å²) in [6.07, 6.45) is 1.11. The molecule has 0 spiro atoms. The summed E-state index contributed by atoms with van der Waals surface area (Å²) in [6, 6.07) is 19.0. The van der Waals surface area contributed by atoms with Gasteiger partial charge in [-0.3, -0.25) is 9.27 Å². The van der Waals surface area contributed by atoms with E-state index >= 15 is 0 Å². The Morgan fingerprint density at radius 1 is 0.800 bits per heavy atom. The Bertz CT molecular complexity index is 2040. The number of ether oxygens (including phenoxy) is 1. The van der Waals surface area contributed by atoms with Crippen LogP contribution >= 0.6 is 0 Å². The molecular weight excluding hydrogens is 548 g/mol. The van der Waals surface area contributed by atoms with Crippen molar-refractivity contribution in [1.29, 1.82) is 0 Å². The number of sulfonamides is 1. The van der Waals surface area contributed by atoms with Gasteiger partial charge in [-0.2, -0.15) is 8.42 Å². The monoisotopic (exact) mass is 576 g/mol. The average molecular weight is 577 g/mol. The molecular formula is C30H28N2O6S2. The topological polar surface area (TPSA) is 122 Å². The lowest BCUT2D eigenvalue weighted by molar-refractivity contribution is 0.471. The summed E-state index contributed by atoms with van der Waals surface area (Å²) in [6.45, 7) is 9.61. The molecule has 1 aliphatic rings. The second-order valence-corrected chi connectivity index (χ2v) is 13.0. The normalized spacial score (nSPS) is 12.8. The van der Waals surface area contributed by atoms with Gasteiger partial charge in [0.1, 0.15) is 16.4 Å². The van der Waals surface area contributed by atoms with Gasteiger partial charge in [-0.1, -0.05) is 43.0 Å². The quantitative estimate of drug-likeness (QED) is 0.250. The van der Waals surface area contributed by atoms with Gasteiger partial charge in [-0.25, -0.2) is 8.42 Å². The van der Waals surface area contributed by atoms with E-state index in [1.807, 2.05) is 51.1 Å². The summed E-state index contributed by atoms with van der Waals surface area (Å²) >= 11 is 0. The van der Waals surface area contributed by atoms with E-state index in [2.05, 4.69) is 16.6 Å². The third-order valence-corrected chi connectivity index (χ3v) is 8.24. The molecule has 0 aliphatic carbocycles. The van der Waals surface area contributed by atoms with Crippen molar-refractivity contribution in [2.45, 2.75) is 25.7 Å². The van der Waals surface area contributed by atoms with Crippen molar-refractivity contribution >= 4 is 49.4 Å². The fourth-order valence-corrected chi connectivity index (χ4v) is 6.45. The standard InChI is InChI=1S/C30H28N2O6S2/c1-17-10-12-22-25(14-17)38-26-16-21(31-29-18(2)15-19(3)30(20(29)4)32-39(5,33)34)11-13-23(26)28(22)24-8-6-7-9-27(24)40(35,36)37/h6-16,31-32H,1H2,2-5H3,(H,35,36,37). The van der Waals surface area contributed by atoms with Crippen molar-refractivity contribution in [3.63, 3.8) is 0 Å². The smallest absolute Gasteiger partial charge is 0.295 e. The molecule has 0 aromatic heterocycles. The number of hydrogen-bond donors (Lipinski definition) is 3. The summed E-state index contributed by atoms with van der Waals surface area (Å²) in [5.74, 6) is 0.972. The minimum Gasteiger partial charge on any atom is -0.456 e. The second kappa shape index (κ2) is 9.81. The van der Waals surface area contributed by atoms with E-state index in [-0.39, 0.29) is 4.90 Å². The molecule has 5 rings (SSSR count). The first-order valence-electron chi connectivity index (χ1n) is 12.3. The van der Waals surface area contributed by atoms with Crippen molar-refractivity contribution in [2.75, 3.05) is 16.3 Å². The van der Waals surface area contributed by atoms with Crippen molar-refractivity contribution in [1.82, 2.24) is 0 Å². The number of benzene rings is 4. The fraction of sp³-hybridized carbons (Fsp3) is 0.133. The lowest BCUT2D eigenvalue weighted by Gasteiger charge is -2.24. The maximum Gasteiger partial charge on any atom is 0.295 e. The third-order valence-electron chi connectivity index (χ3n) is 6.75. The highest BCUT2D eigenvalue weighted by molar-refractivity contribution is 7.92. The maximum atomic E-state index is 12.3. The highest BCUT2D eigenvalue weighted by Crippen LogP contribution is 2.41. The molecule has 206 valence electrons. The van der Waals surface area contributed by atoms with Crippen LogP contribution in [0.1, 0.15) is 27.8 Å². The largest absolute Gasteiger partial charge is 0.456 e. The number of aryl methyl sites for hydroxylation is 2. The van der Waals surface area contributed by atoms with Crippen molar-refractivity contribution in [3.8, 4) is 11.5 Å². The van der Waals surface area contributed by atoms with E-state index in [1.54, 1.807) is 30.3 Å². The van der Waals surface area contributed by atoms with Gasteiger partial charge in [0.15, 0.2) is 0 Å². The molecule has 0 saturated heterocycles. The predicted molar refractivity (Wildman–Crippen MR) is 158 cm³/mol. The zero-order valence-electron chi connectivity index (χ0n) is 22.4. The van der Waals surface area contributed by atoms with Crippen LogP contribution < -0.4 is 25.2 Å². The Kier molecular flexibility index (Phi) is 6.73. The highest BCUT2D eigenvalue weighted by atomic mass is 32.2. The number of anilines is 3. The Labute approximate surface area is 233 Å². The summed E-state index contributed by atoms with van der Waals surface area (Å²) in [4.78, 5) is -0.207. The van der Waals surface area contributed by atoms with Crippen LogP contribution in [0.5, 0.6) is 11.5 Å². The van der Waals surface area contributed by atoms with Crippen LogP contribution in [0.4, 0.5) is 17.1 Å². The van der Waals surface area contributed by atoms with Gasteiger partial charge in [-0.15, -0.1) is 0 Å². The molecule has 0 atom stereocenters. The van der Waals surface area contributed by atoms with Crippen LogP contribution in [0.3, 0.4) is 0 Å². The van der Waals surface area contributed by atoms with Gasteiger partial charge in [0, 0.05) is 39.4 Å². The molecule has 1 heterocycles. The van der Waals surface area contributed by atoms with Gasteiger partial charge in [-0.05, 0) is 66.9 Å². The molecule has 3 N–H and O–H groups in total. The molecule has 8 nitrogen and oxygen atoms in total. The van der Waals surface area contributed by atoms with Crippen LogP contribution in [-0.4, -0.2) is 27.6 Å². The number of rotatable bonds is 6. The predicted octanol–water partition coefficient (Wildman–Crippen LogP) is 4.74. The third kappa shape index (κ3) is 5.21. The van der Waals surface area contributed by atoms with E-state index in [0.717, 1.165) is 33.9 Å². The molecule has 4 aromatic rings. The molecule has 10 heteroatoms. The minimum absolute atomic E-state index is 0.207. The van der Waals surface area contributed by atoms with Crippen LogP contribution in [-0.2, 0) is 20.1 Å². The minimum atomic E-state index is -4.51. The molecule has 40 heavy (non-hydrogen) atoms. The summed E-state index contributed by atoms with van der Waals surface area (Å²) in [7, 11) is -7.99. The number of hydrogen-bond acceptors (Lipinski definition) is 6. The van der Waals surface area contributed by atoms with Crippen molar-refractivity contribution in [2.24, 2.45) is 0 Å². The van der Waals surface area contributed by atoms with Crippen molar-refractivity contribution in [3.05, 3.63) is 105 Å². The summed E-state index contributed by atoms with van der Waals surface area (Å²) in [5.41, 5.74) is 5.98. The van der Waals surface area contributed by atoms with E-state index in [4.69, 9.17) is 4.74 Å². The van der Waals surface area contributed by atoms with Gasteiger partial charge in [0.25, 0.3) is 10.1 Å². The SMILES string of the molecule is C=c1ccc2c(c1)Oc1cc(Nc3c(C)cc(C)c(NS(C)(=O)=O)c3C)ccc1C=2c1ccccc1S(=O)(=O)O. The highest BCUT2D eigenvalue weighted by Gasteiger charge is 2.25. The molecule has 0 radical (unpaired) electrons. The zero-order chi connectivity index (χ0) is 29.0. The molecule has 0 fully saturated rings. The van der Waals surface area contributed by atoms with E-state index in [0.29, 0.717) is 44.8 Å². The summed E-state index contributed by atoms with van der Waals surface area (Å²) in [5, 5.41) is 4.78. The molecule has 0 amide bonds. The zero-order valence-corrected chi connectivity index (χ0v) is 24.0. The fourth-order valence-electron chi connectivity index (χ4n) is 5.07. The van der Waals surface area contributed by atoms with Gasteiger partial charge in [0.05, 0.1) is 11.9 Å². The van der Waals surface area contributed by atoms with Gasteiger partial charge >= 0.3 is 0 Å². The maximum absolute atomic E-state index is 12.3. The van der Waals surface area contributed by atoms with Crippen LogP contribution in [0.15, 0.2) is 71.6 Å². The first kappa shape index (κ1) is 27.4. The van der Waals surface area contributed by atoms with E-state index in [1.165, 1.54) is 6.07 Å². The lowest BCUT2D eigenvalue weighted by atomic mass is 9.92. The van der Waals surface area contributed by atoms with Gasteiger partial charge in [0.2, 0.25) is 10.0 Å². The molecule has 1 aliphatic heterocycles. The Morgan fingerprint density at radius 3 is 2.20 bits per heavy atom. The van der Waals surface area contributed by atoms with Gasteiger partial charge < -0.3 is 10.1 Å². The second-order valence-electron chi connectivity index (χ2n) is 9.87. The van der Waals surface area contributed by atoms with Crippen LogP contribution in [0.2, 0.25) is 0 Å². The van der Waals surface area contributed by atoms with Crippen molar-refractivity contribution < 1.29 is 26.1 Å². The number of fused-ring (bicyclic) bond motifs is 2. The van der Waals surface area contributed by atoms with E-state index < -0.39 is 20.1 Å². The molecule has 4 aromatic carbocycles. The first-order valence-corrected chi connectivity index (χ1v) is 15.6.